The van der Waals surface area contributed by atoms with Crippen LogP contribution >= 0.6 is 0 Å². The Balaban J connectivity index is 1.66. The predicted octanol–water partition coefficient (Wildman–Crippen LogP) is 6.60. The molecule has 3 saturated carbocycles. The fourth-order valence-electron chi connectivity index (χ4n) is 9.37. The molecule has 0 spiro atoms. The van der Waals surface area contributed by atoms with E-state index in [1.807, 2.05) is 0 Å². The maximum absolute atomic E-state index is 5.51. The van der Waals surface area contributed by atoms with E-state index in [-0.39, 0.29) is 0 Å². The van der Waals surface area contributed by atoms with Gasteiger partial charge in [0.25, 0.3) is 0 Å². The highest BCUT2D eigenvalue weighted by Crippen LogP contribution is 2.86. The average Bonchev–Trinajstić information content (AvgIpc) is 2.99. The zero-order chi connectivity index (χ0) is 18.5. The largest absolute Gasteiger partial charge is 0.497 e. The molecule has 0 radical (unpaired) electrons. The minimum atomic E-state index is 0.422. The van der Waals surface area contributed by atoms with E-state index in [2.05, 4.69) is 52.8 Å². The fraction of sp³-hybridized carbons (Fsp3) is 0.760. The second-order valence-corrected chi connectivity index (χ2v) is 11.2. The summed E-state index contributed by atoms with van der Waals surface area (Å²) in [6.45, 7) is 13.2. The van der Waals surface area contributed by atoms with E-state index in [9.17, 15) is 0 Å². The number of hydrogen-bond acceptors (Lipinski definition) is 1. The van der Waals surface area contributed by atoms with Crippen molar-refractivity contribution in [2.24, 2.45) is 33.5 Å². The van der Waals surface area contributed by atoms with Crippen molar-refractivity contribution in [3.8, 4) is 5.75 Å². The Hall–Kier alpha value is -0.980. The summed E-state index contributed by atoms with van der Waals surface area (Å²) in [7, 11) is 1.79. The third-order valence-corrected chi connectivity index (χ3v) is 10.8. The number of ether oxygens (including phenoxy) is 1. The van der Waals surface area contributed by atoms with Gasteiger partial charge < -0.3 is 4.74 Å². The Morgan fingerprint density at radius 3 is 2.46 bits per heavy atom. The lowest BCUT2D eigenvalue weighted by molar-refractivity contribution is -0.118. The molecule has 4 aliphatic carbocycles. The Morgan fingerprint density at radius 1 is 0.962 bits per heavy atom. The number of hydrogen-bond donors (Lipinski definition) is 0. The Kier molecular flexibility index (Phi) is 3.22. The van der Waals surface area contributed by atoms with Crippen LogP contribution in [0.15, 0.2) is 18.2 Å². The molecule has 1 heteroatoms. The van der Waals surface area contributed by atoms with E-state index in [0.717, 1.165) is 23.5 Å². The van der Waals surface area contributed by atoms with Gasteiger partial charge >= 0.3 is 0 Å². The van der Waals surface area contributed by atoms with Crippen molar-refractivity contribution in [2.45, 2.75) is 79.1 Å². The van der Waals surface area contributed by atoms with Gasteiger partial charge in [-0.3, -0.25) is 0 Å². The maximum atomic E-state index is 5.51. The first-order valence-corrected chi connectivity index (χ1v) is 10.9. The summed E-state index contributed by atoms with van der Waals surface area (Å²) in [6.07, 6.45) is 8.38. The van der Waals surface area contributed by atoms with Crippen LogP contribution in [0.3, 0.4) is 0 Å². The number of benzene rings is 1. The van der Waals surface area contributed by atoms with Crippen LogP contribution in [-0.2, 0) is 6.42 Å². The van der Waals surface area contributed by atoms with Gasteiger partial charge in [-0.15, -0.1) is 0 Å². The van der Waals surface area contributed by atoms with Crippen molar-refractivity contribution in [1.29, 1.82) is 0 Å². The lowest BCUT2D eigenvalue weighted by Crippen LogP contribution is -2.55. The quantitative estimate of drug-likeness (QED) is 0.553. The average molecular weight is 353 g/mol. The first-order chi connectivity index (χ1) is 12.2. The number of rotatable bonds is 1. The molecule has 2 unspecified atom stereocenters. The van der Waals surface area contributed by atoms with E-state index in [0.29, 0.717) is 21.7 Å². The Bertz CT molecular complexity index is 759. The van der Waals surface area contributed by atoms with Crippen molar-refractivity contribution in [1.82, 2.24) is 0 Å². The van der Waals surface area contributed by atoms with E-state index in [1.165, 1.54) is 38.5 Å². The van der Waals surface area contributed by atoms with Gasteiger partial charge in [0.2, 0.25) is 0 Å². The summed E-state index contributed by atoms with van der Waals surface area (Å²) in [4.78, 5) is 0. The van der Waals surface area contributed by atoms with Crippen molar-refractivity contribution in [2.75, 3.05) is 7.11 Å². The van der Waals surface area contributed by atoms with Crippen LogP contribution in [0.1, 0.15) is 83.8 Å². The van der Waals surface area contributed by atoms with Crippen molar-refractivity contribution in [3.05, 3.63) is 29.3 Å². The maximum Gasteiger partial charge on any atom is 0.119 e. The second kappa shape index (κ2) is 4.89. The smallest absolute Gasteiger partial charge is 0.119 e. The topological polar surface area (TPSA) is 9.23 Å². The van der Waals surface area contributed by atoms with Crippen LogP contribution in [0.2, 0.25) is 0 Å². The molecule has 0 aliphatic heterocycles. The first-order valence-electron chi connectivity index (χ1n) is 10.9. The first kappa shape index (κ1) is 17.1. The van der Waals surface area contributed by atoms with Crippen LogP contribution in [0.4, 0.5) is 0 Å². The highest BCUT2D eigenvalue weighted by Gasteiger charge is 2.79. The fourth-order valence-corrected chi connectivity index (χ4v) is 9.37. The molecule has 1 nitrogen and oxygen atoms in total. The summed E-state index contributed by atoms with van der Waals surface area (Å²) in [5, 5.41) is 0. The molecule has 0 aromatic heterocycles. The number of fused-ring (bicyclic) bond motifs is 3. The zero-order valence-corrected chi connectivity index (χ0v) is 17.6. The lowest BCUT2D eigenvalue weighted by Gasteiger charge is -2.62. The molecule has 26 heavy (non-hydrogen) atoms. The van der Waals surface area contributed by atoms with E-state index in [1.54, 1.807) is 18.2 Å². The van der Waals surface area contributed by atoms with Crippen LogP contribution in [0, 0.1) is 33.5 Å². The molecule has 0 N–H and O–H groups in total. The van der Waals surface area contributed by atoms with Gasteiger partial charge in [-0.1, -0.05) is 40.7 Å². The predicted molar refractivity (Wildman–Crippen MR) is 108 cm³/mol. The van der Waals surface area contributed by atoms with Crippen molar-refractivity contribution in [3.63, 3.8) is 0 Å². The van der Waals surface area contributed by atoms with Gasteiger partial charge in [-0.25, -0.2) is 0 Å². The molecule has 3 fully saturated rings. The molecule has 5 rings (SSSR count). The van der Waals surface area contributed by atoms with Gasteiger partial charge in [-0.2, -0.15) is 0 Å². The Morgan fingerprint density at radius 2 is 1.73 bits per heavy atom. The van der Waals surface area contributed by atoms with Crippen LogP contribution in [0.5, 0.6) is 5.75 Å². The summed E-state index contributed by atoms with van der Waals surface area (Å²) in [5.74, 6) is 3.57. The summed E-state index contributed by atoms with van der Waals surface area (Å²) in [5.41, 5.74) is 5.16. The van der Waals surface area contributed by atoms with Gasteiger partial charge in [0.15, 0.2) is 0 Å². The van der Waals surface area contributed by atoms with Gasteiger partial charge in [0, 0.05) is 0 Å². The molecular weight excluding hydrogens is 316 g/mol. The molecule has 142 valence electrons. The molecule has 0 amide bonds. The molecule has 5 atom stereocenters. The number of aryl methyl sites for hydroxylation is 1. The highest BCUT2D eigenvalue weighted by molar-refractivity contribution is 5.42. The van der Waals surface area contributed by atoms with Crippen LogP contribution in [-0.4, -0.2) is 7.11 Å². The molecule has 2 bridgehead atoms. The van der Waals surface area contributed by atoms with E-state index >= 15 is 0 Å². The third kappa shape index (κ3) is 1.58. The van der Waals surface area contributed by atoms with Crippen LogP contribution < -0.4 is 4.74 Å². The standard InChI is InChI=1S/C25H36O/c1-22(2)21-12-14-25(23(22,3)4)20-10-7-16-15-17(26-6)8-9-18(16)19(20)11-13-24(21,25)5/h8-9,15,19-21H,7,10-14H2,1-6H3/t19?,20?,21-,24+,25-/m0/s1. The molecular formula is C25H36O. The molecule has 0 heterocycles. The molecule has 0 saturated heterocycles. The normalized spacial score (nSPS) is 44.2. The SMILES string of the molecule is COc1ccc2c(c1)CCC1C2CC[C@]2(C)[C@H]3CC[C@@]12C(C)(C)C3(C)C. The molecule has 1 aromatic carbocycles. The van der Waals surface area contributed by atoms with Gasteiger partial charge in [0.05, 0.1) is 7.11 Å². The Labute approximate surface area is 159 Å². The summed E-state index contributed by atoms with van der Waals surface area (Å²) in [6, 6.07) is 6.93. The summed E-state index contributed by atoms with van der Waals surface area (Å²) < 4.78 is 5.51. The van der Waals surface area contributed by atoms with Crippen molar-refractivity contribution >= 4 is 0 Å². The van der Waals surface area contributed by atoms with Gasteiger partial charge in [0.1, 0.15) is 5.75 Å². The van der Waals surface area contributed by atoms with Crippen LogP contribution in [0.25, 0.3) is 0 Å². The minimum Gasteiger partial charge on any atom is -0.497 e. The minimum absolute atomic E-state index is 0.422. The highest BCUT2D eigenvalue weighted by atomic mass is 16.5. The third-order valence-electron chi connectivity index (χ3n) is 10.8. The van der Waals surface area contributed by atoms with E-state index in [4.69, 9.17) is 4.74 Å². The van der Waals surface area contributed by atoms with Gasteiger partial charge in [-0.05, 0) is 101 Å². The zero-order valence-electron chi connectivity index (χ0n) is 17.6. The van der Waals surface area contributed by atoms with E-state index < -0.39 is 0 Å². The second-order valence-electron chi connectivity index (χ2n) is 11.2. The molecule has 1 aromatic rings. The summed E-state index contributed by atoms with van der Waals surface area (Å²) >= 11 is 0. The monoisotopic (exact) mass is 352 g/mol. The molecule has 4 aliphatic rings. The lowest BCUT2D eigenvalue weighted by atomic mass is 9.42. The number of methoxy groups -OCH3 is 1. The van der Waals surface area contributed by atoms with Crippen molar-refractivity contribution < 1.29 is 4.74 Å².